The zero-order valence-electron chi connectivity index (χ0n) is 18.5. The normalized spacial score (nSPS) is 11.8. The molecule has 0 bridgehead atoms. The predicted molar refractivity (Wildman–Crippen MR) is 123 cm³/mol. The highest BCUT2D eigenvalue weighted by Crippen LogP contribution is 2.33. The minimum Gasteiger partial charge on any atom is -0.339 e. The molecule has 0 spiro atoms. The van der Waals surface area contributed by atoms with Gasteiger partial charge in [0.05, 0.1) is 28.0 Å². The Bertz CT molecular complexity index is 1320. The number of rotatable bonds is 8. The fourth-order valence-electron chi connectivity index (χ4n) is 3.44. The van der Waals surface area contributed by atoms with Gasteiger partial charge in [0.25, 0.3) is 0 Å². The zero-order valence-corrected chi connectivity index (χ0v) is 19.3. The van der Waals surface area contributed by atoms with Gasteiger partial charge in [-0.15, -0.1) is 0 Å². The van der Waals surface area contributed by atoms with Crippen LogP contribution in [0, 0.1) is 6.92 Å². The first kappa shape index (κ1) is 23.8. The third-order valence-corrected chi connectivity index (χ3v) is 6.05. The number of alkyl halides is 3. The maximum Gasteiger partial charge on any atom is 0.416 e. The molecule has 1 amide bonds. The molecule has 2 aromatic heterocycles. The van der Waals surface area contributed by atoms with Crippen molar-refractivity contribution >= 4 is 34.4 Å². The van der Waals surface area contributed by atoms with Gasteiger partial charge >= 0.3 is 6.18 Å². The number of aromatic nitrogens is 4. The molecule has 2 aromatic carbocycles. The molecule has 7 nitrogen and oxygen atoms in total. The number of anilines is 1. The van der Waals surface area contributed by atoms with Crippen molar-refractivity contribution in [1.29, 1.82) is 0 Å². The standard InChI is InChI=1S/C23H22F3N5O2S/c1-3-4-11-31-19-10-9-15(23(24,25)26)12-18(19)29-22(31)34-13-20(32)28-17-8-6-5-7-16(17)21-27-14(2)33-30-21/h5-10,12H,3-4,11,13H2,1-2H3,(H,28,32). The second-order valence-electron chi connectivity index (χ2n) is 7.62. The van der Waals surface area contributed by atoms with Crippen molar-refractivity contribution in [2.24, 2.45) is 0 Å². The summed E-state index contributed by atoms with van der Waals surface area (Å²) in [5.41, 5.74) is 1.27. The van der Waals surface area contributed by atoms with Crippen LogP contribution in [0.1, 0.15) is 31.2 Å². The van der Waals surface area contributed by atoms with Crippen molar-refractivity contribution < 1.29 is 22.5 Å². The van der Waals surface area contributed by atoms with E-state index < -0.39 is 11.7 Å². The lowest BCUT2D eigenvalue weighted by Gasteiger charge is -2.10. The topological polar surface area (TPSA) is 85.8 Å². The summed E-state index contributed by atoms with van der Waals surface area (Å²) in [6, 6.07) is 10.6. The van der Waals surface area contributed by atoms with Gasteiger partial charge < -0.3 is 14.4 Å². The molecule has 2 heterocycles. The monoisotopic (exact) mass is 489 g/mol. The summed E-state index contributed by atoms with van der Waals surface area (Å²) < 4.78 is 46.3. The minimum absolute atomic E-state index is 0.0289. The van der Waals surface area contributed by atoms with Crippen LogP contribution in [0.3, 0.4) is 0 Å². The number of halogens is 3. The van der Waals surface area contributed by atoms with E-state index in [0.29, 0.717) is 40.2 Å². The number of benzene rings is 2. The first-order valence-electron chi connectivity index (χ1n) is 10.7. The summed E-state index contributed by atoms with van der Waals surface area (Å²) in [4.78, 5) is 21.3. The molecule has 0 radical (unpaired) electrons. The summed E-state index contributed by atoms with van der Waals surface area (Å²) in [5, 5.41) is 7.25. The van der Waals surface area contributed by atoms with Gasteiger partial charge in [0, 0.05) is 19.0 Å². The van der Waals surface area contributed by atoms with Gasteiger partial charge in [-0.1, -0.05) is 42.4 Å². The number of thioether (sulfide) groups is 1. The Kier molecular flexibility index (Phi) is 6.92. The Labute approximate surface area is 197 Å². The third kappa shape index (κ3) is 5.24. The Morgan fingerprint density at radius 1 is 1.18 bits per heavy atom. The SMILES string of the molecule is CCCCn1c(SCC(=O)Nc2ccccc2-c2noc(C)n2)nc2cc(C(F)(F)F)ccc21. The van der Waals surface area contributed by atoms with E-state index in [2.05, 4.69) is 20.4 Å². The number of fused-ring (bicyclic) bond motifs is 1. The largest absolute Gasteiger partial charge is 0.416 e. The number of nitrogens with zero attached hydrogens (tertiary/aromatic N) is 4. The van der Waals surface area contributed by atoms with Crippen LogP contribution in [0.25, 0.3) is 22.4 Å². The van der Waals surface area contributed by atoms with Crippen LogP contribution in [0.2, 0.25) is 0 Å². The van der Waals surface area contributed by atoms with Gasteiger partial charge in [0.1, 0.15) is 0 Å². The van der Waals surface area contributed by atoms with Gasteiger partial charge in [-0.05, 0) is 36.8 Å². The number of hydrogen-bond acceptors (Lipinski definition) is 6. The van der Waals surface area contributed by atoms with Crippen molar-refractivity contribution in [2.75, 3.05) is 11.1 Å². The number of unbranched alkanes of at least 4 members (excludes halogenated alkanes) is 1. The zero-order chi connectivity index (χ0) is 24.3. The molecule has 4 rings (SSSR count). The van der Waals surface area contributed by atoms with E-state index in [-0.39, 0.29) is 17.2 Å². The van der Waals surface area contributed by atoms with Crippen LogP contribution < -0.4 is 5.32 Å². The van der Waals surface area contributed by atoms with Gasteiger partial charge in [0.2, 0.25) is 17.6 Å². The number of para-hydroxylation sites is 1. The fourth-order valence-corrected chi connectivity index (χ4v) is 4.28. The molecule has 0 saturated heterocycles. The van der Waals surface area contributed by atoms with Crippen molar-refractivity contribution in [3.05, 3.63) is 53.9 Å². The van der Waals surface area contributed by atoms with Crippen molar-refractivity contribution in [1.82, 2.24) is 19.7 Å². The predicted octanol–water partition coefficient (Wildman–Crippen LogP) is 5.94. The second kappa shape index (κ2) is 9.88. The molecule has 0 aliphatic heterocycles. The molecule has 0 atom stereocenters. The highest BCUT2D eigenvalue weighted by atomic mass is 32.2. The molecule has 0 aliphatic rings. The first-order chi connectivity index (χ1) is 16.3. The highest BCUT2D eigenvalue weighted by molar-refractivity contribution is 7.99. The van der Waals surface area contributed by atoms with E-state index in [9.17, 15) is 18.0 Å². The van der Waals surface area contributed by atoms with Gasteiger partial charge in [0.15, 0.2) is 5.16 Å². The van der Waals surface area contributed by atoms with Crippen LogP contribution in [0.4, 0.5) is 18.9 Å². The average Bonchev–Trinajstić information content (AvgIpc) is 3.38. The molecule has 1 N–H and O–H groups in total. The first-order valence-corrected chi connectivity index (χ1v) is 11.6. The number of imidazole rings is 1. The van der Waals surface area contributed by atoms with Gasteiger partial charge in [-0.25, -0.2) is 4.98 Å². The summed E-state index contributed by atoms with van der Waals surface area (Å²) in [6.07, 6.45) is -2.69. The minimum atomic E-state index is -4.45. The maximum absolute atomic E-state index is 13.1. The molecular formula is C23H22F3N5O2S. The van der Waals surface area contributed by atoms with Crippen molar-refractivity contribution in [3.8, 4) is 11.4 Å². The quantitative estimate of drug-likeness (QED) is 0.308. The van der Waals surface area contributed by atoms with Crippen molar-refractivity contribution in [3.63, 3.8) is 0 Å². The maximum atomic E-state index is 13.1. The fraction of sp³-hybridized carbons (Fsp3) is 0.304. The number of hydrogen-bond donors (Lipinski definition) is 1. The van der Waals surface area contributed by atoms with Crippen molar-refractivity contribution in [2.45, 2.75) is 44.6 Å². The van der Waals surface area contributed by atoms with Gasteiger partial charge in [-0.2, -0.15) is 18.2 Å². The van der Waals surface area contributed by atoms with E-state index in [0.717, 1.165) is 25.0 Å². The second-order valence-corrected chi connectivity index (χ2v) is 8.56. The van der Waals surface area contributed by atoms with E-state index in [1.807, 2.05) is 11.5 Å². The van der Waals surface area contributed by atoms with Crippen LogP contribution in [0.5, 0.6) is 0 Å². The lowest BCUT2D eigenvalue weighted by Crippen LogP contribution is -2.15. The lowest BCUT2D eigenvalue weighted by molar-refractivity contribution is -0.137. The summed E-state index contributed by atoms with van der Waals surface area (Å²) in [6.45, 7) is 4.31. The number of amides is 1. The molecule has 34 heavy (non-hydrogen) atoms. The van der Waals surface area contributed by atoms with E-state index in [4.69, 9.17) is 4.52 Å². The number of carbonyl (C=O) groups is 1. The van der Waals surface area contributed by atoms with E-state index in [1.165, 1.54) is 17.8 Å². The van der Waals surface area contributed by atoms with E-state index in [1.54, 1.807) is 31.2 Å². The molecule has 0 aliphatic carbocycles. The lowest BCUT2D eigenvalue weighted by atomic mass is 10.1. The van der Waals surface area contributed by atoms with Crippen LogP contribution >= 0.6 is 11.8 Å². The smallest absolute Gasteiger partial charge is 0.339 e. The molecule has 11 heteroatoms. The molecule has 0 saturated carbocycles. The Morgan fingerprint density at radius 2 is 1.97 bits per heavy atom. The number of nitrogens with one attached hydrogen (secondary N) is 1. The highest BCUT2D eigenvalue weighted by Gasteiger charge is 2.31. The summed E-state index contributed by atoms with van der Waals surface area (Å²) >= 11 is 1.18. The van der Waals surface area contributed by atoms with Crippen LogP contribution in [-0.2, 0) is 17.5 Å². The Hall–Kier alpha value is -3.34. The molecule has 178 valence electrons. The summed E-state index contributed by atoms with van der Waals surface area (Å²) in [7, 11) is 0. The molecule has 0 fully saturated rings. The van der Waals surface area contributed by atoms with Gasteiger partial charge in [-0.3, -0.25) is 4.79 Å². The Balaban J connectivity index is 1.53. The molecule has 0 unspecified atom stereocenters. The molecule has 4 aromatic rings. The Morgan fingerprint density at radius 3 is 2.68 bits per heavy atom. The van der Waals surface area contributed by atoms with Crippen LogP contribution in [-0.4, -0.2) is 31.4 Å². The third-order valence-electron chi connectivity index (χ3n) is 5.08. The number of aryl methyl sites for hydroxylation is 2. The van der Waals surface area contributed by atoms with E-state index >= 15 is 0 Å². The van der Waals surface area contributed by atoms with Crippen LogP contribution in [0.15, 0.2) is 52.1 Å². The summed E-state index contributed by atoms with van der Waals surface area (Å²) in [5.74, 6) is 0.512. The number of carbonyl (C=O) groups excluding carboxylic acids is 1. The average molecular weight is 490 g/mol. The molecular weight excluding hydrogens is 467 g/mol.